The number of hydrogen-bond donors (Lipinski definition) is 3. The first-order valence-electron chi connectivity index (χ1n) is 14.0. The lowest BCUT2D eigenvalue weighted by atomic mass is 9.89. The molecule has 210 valence electrons. The van der Waals surface area contributed by atoms with Crippen molar-refractivity contribution in [2.45, 2.75) is 18.7 Å². The van der Waals surface area contributed by atoms with Crippen molar-refractivity contribution < 1.29 is 22.4 Å². The van der Waals surface area contributed by atoms with Crippen LogP contribution in [0.5, 0.6) is 0 Å². The van der Waals surface area contributed by atoms with Crippen LogP contribution in [-0.4, -0.2) is 26.1 Å². The minimum atomic E-state index is -4.53. The van der Waals surface area contributed by atoms with Crippen LogP contribution >= 0.6 is 0 Å². The van der Waals surface area contributed by atoms with Crippen molar-refractivity contribution in [3.63, 3.8) is 0 Å². The van der Waals surface area contributed by atoms with Crippen molar-refractivity contribution in [2.75, 3.05) is 18.4 Å². The van der Waals surface area contributed by atoms with Crippen molar-refractivity contribution in [2.24, 2.45) is 0 Å². The van der Waals surface area contributed by atoms with Crippen molar-refractivity contribution in [3.05, 3.63) is 115 Å². The predicted molar refractivity (Wildman–Crippen MR) is 168 cm³/mol. The summed E-state index contributed by atoms with van der Waals surface area (Å²) in [6.45, 7) is 5.50. The minimum Gasteiger partial charge on any atom is -0.456 e. The standard InChI is InChI=1S/C35H30N2O4S/c1-3-36-30-21-32-28(19-26(30)23-13-7-5-8-14-23)35(25-17-11-12-18-34(25)42(38,39)40)29-20-27(24-15-9-6-10-16-24)31(37-4-2)22-33(29)41-32/h5-22,36H,3-4H2,1-2H3,(H,38,39,40)/p+1. The van der Waals surface area contributed by atoms with Gasteiger partial charge in [-0.2, -0.15) is 8.42 Å². The van der Waals surface area contributed by atoms with Gasteiger partial charge < -0.3 is 9.73 Å². The van der Waals surface area contributed by atoms with E-state index in [0.29, 0.717) is 35.6 Å². The SMILES string of the molecule is CCNc1cc2oc3cc(=[NH+]CC)c(-c4ccccc4)cc-3c(-c3ccccc3S(=O)(=O)O)c2cc1-c1ccccc1. The maximum absolute atomic E-state index is 12.7. The van der Waals surface area contributed by atoms with Crippen LogP contribution in [0.4, 0.5) is 5.69 Å². The molecule has 1 aliphatic heterocycles. The van der Waals surface area contributed by atoms with Gasteiger partial charge in [0.15, 0.2) is 0 Å². The Balaban J connectivity index is 1.82. The molecule has 1 heterocycles. The summed E-state index contributed by atoms with van der Waals surface area (Å²) in [5.74, 6) is 0.591. The summed E-state index contributed by atoms with van der Waals surface area (Å²) >= 11 is 0. The summed E-state index contributed by atoms with van der Waals surface area (Å²) in [5.41, 5.74) is 7.23. The van der Waals surface area contributed by atoms with E-state index in [9.17, 15) is 13.0 Å². The highest BCUT2D eigenvalue weighted by Crippen LogP contribution is 2.45. The van der Waals surface area contributed by atoms with E-state index < -0.39 is 10.1 Å². The van der Waals surface area contributed by atoms with E-state index in [-0.39, 0.29) is 4.90 Å². The Morgan fingerprint density at radius 1 is 0.738 bits per heavy atom. The molecule has 0 spiro atoms. The fourth-order valence-corrected chi connectivity index (χ4v) is 6.26. The molecule has 0 atom stereocenters. The highest BCUT2D eigenvalue weighted by Gasteiger charge is 2.26. The van der Waals surface area contributed by atoms with E-state index in [1.807, 2.05) is 98.8 Å². The van der Waals surface area contributed by atoms with E-state index in [1.165, 1.54) is 6.07 Å². The van der Waals surface area contributed by atoms with Gasteiger partial charge >= 0.3 is 0 Å². The first-order valence-corrected chi connectivity index (χ1v) is 15.4. The Labute approximate surface area is 245 Å². The van der Waals surface area contributed by atoms with Gasteiger partial charge in [-0.1, -0.05) is 78.9 Å². The zero-order valence-electron chi connectivity index (χ0n) is 23.4. The Morgan fingerprint density at radius 2 is 1.38 bits per heavy atom. The molecule has 6 rings (SSSR count). The van der Waals surface area contributed by atoms with Crippen molar-refractivity contribution in [1.82, 2.24) is 0 Å². The number of nitrogens with one attached hydrogen (secondary N) is 2. The number of hydrogen-bond acceptors (Lipinski definition) is 4. The van der Waals surface area contributed by atoms with Gasteiger partial charge in [0, 0.05) is 45.9 Å². The number of anilines is 1. The lowest BCUT2D eigenvalue weighted by molar-refractivity contribution is -0.495. The molecule has 0 aromatic heterocycles. The van der Waals surface area contributed by atoms with Crippen LogP contribution in [0.1, 0.15) is 13.8 Å². The second kappa shape index (κ2) is 11.3. The van der Waals surface area contributed by atoms with Crippen LogP contribution in [0.2, 0.25) is 0 Å². The summed E-state index contributed by atoms with van der Waals surface area (Å²) in [4.78, 5) is 3.30. The van der Waals surface area contributed by atoms with Crippen molar-refractivity contribution in [3.8, 4) is 44.7 Å². The Hall–Kier alpha value is -4.72. The van der Waals surface area contributed by atoms with Gasteiger partial charge in [-0.05, 0) is 43.2 Å². The quantitative estimate of drug-likeness (QED) is 0.155. The molecule has 2 aliphatic rings. The normalized spacial score (nSPS) is 12.2. The molecule has 0 amide bonds. The van der Waals surface area contributed by atoms with Crippen LogP contribution in [-0.2, 0) is 10.1 Å². The zero-order chi connectivity index (χ0) is 29.3. The van der Waals surface area contributed by atoms with Gasteiger partial charge in [-0.25, -0.2) is 4.99 Å². The maximum atomic E-state index is 12.7. The number of fused-ring (bicyclic) bond motifs is 2. The van der Waals surface area contributed by atoms with Gasteiger partial charge in [-0.15, -0.1) is 0 Å². The summed E-state index contributed by atoms with van der Waals surface area (Å²) in [6.07, 6.45) is 0. The first-order chi connectivity index (χ1) is 20.4. The van der Waals surface area contributed by atoms with E-state index >= 15 is 0 Å². The topological polar surface area (TPSA) is 93.5 Å². The summed E-state index contributed by atoms with van der Waals surface area (Å²) in [6, 6.07) is 34.7. The molecule has 1 aliphatic carbocycles. The molecule has 3 N–H and O–H groups in total. The molecule has 0 fully saturated rings. The molecule has 0 saturated heterocycles. The van der Waals surface area contributed by atoms with Gasteiger partial charge in [0.25, 0.3) is 10.1 Å². The summed E-state index contributed by atoms with van der Waals surface area (Å²) in [5, 5.41) is 5.10. The van der Waals surface area contributed by atoms with Gasteiger partial charge in [0.2, 0.25) is 5.36 Å². The average Bonchev–Trinajstić information content (AvgIpc) is 3.00. The van der Waals surface area contributed by atoms with Gasteiger partial charge in [0.05, 0.1) is 11.6 Å². The van der Waals surface area contributed by atoms with Crippen LogP contribution in [0.25, 0.3) is 55.7 Å². The van der Waals surface area contributed by atoms with Gasteiger partial charge in [-0.3, -0.25) is 4.55 Å². The molecule has 0 bridgehead atoms. The summed E-state index contributed by atoms with van der Waals surface area (Å²) in [7, 11) is -4.53. The smallest absolute Gasteiger partial charge is 0.295 e. The van der Waals surface area contributed by atoms with Crippen LogP contribution in [0, 0.1) is 0 Å². The first kappa shape index (κ1) is 27.4. The van der Waals surface area contributed by atoms with Gasteiger partial charge in [0.1, 0.15) is 22.8 Å². The lowest BCUT2D eigenvalue weighted by Gasteiger charge is -2.20. The van der Waals surface area contributed by atoms with E-state index in [0.717, 1.165) is 44.2 Å². The van der Waals surface area contributed by atoms with E-state index in [1.54, 1.807) is 18.2 Å². The maximum Gasteiger partial charge on any atom is 0.295 e. The van der Waals surface area contributed by atoms with E-state index in [4.69, 9.17) is 4.42 Å². The molecule has 0 radical (unpaired) electrons. The molecule has 0 unspecified atom stereocenters. The largest absolute Gasteiger partial charge is 0.456 e. The third-order valence-electron chi connectivity index (χ3n) is 7.34. The lowest BCUT2D eigenvalue weighted by Crippen LogP contribution is -2.76. The number of benzene rings is 5. The molecule has 4 aromatic rings. The molecular weight excluding hydrogens is 544 g/mol. The van der Waals surface area contributed by atoms with Crippen LogP contribution < -0.4 is 15.7 Å². The molecule has 6 nitrogen and oxygen atoms in total. The third-order valence-corrected chi connectivity index (χ3v) is 8.25. The second-order valence-electron chi connectivity index (χ2n) is 10.0. The molecule has 4 aromatic carbocycles. The Bertz CT molecular complexity index is 2050. The molecular formula is C35H31N2O4S+. The zero-order valence-corrected chi connectivity index (χ0v) is 24.2. The number of rotatable bonds is 7. The average molecular weight is 576 g/mol. The third kappa shape index (κ3) is 5.09. The van der Waals surface area contributed by atoms with Crippen molar-refractivity contribution >= 4 is 26.8 Å². The Kier molecular flexibility index (Phi) is 7.37. The Morgan fingerprint density at radius 3 is 2.02 bits per heavy atom. The fraction of sp³-hybridized carbons (Fsp3) is 0.114. The predicted octanol–water partition coefficient (Wildman–Crippen LogP) is 6.22. The van der Waals surface area contributed by atoms with Crippen LogP contribution in [0.15, 0.2) is 119 Å². The molecule has 42 heavy (non-hydrogen) atoms. The second-order valence-corrected chi connectivity index (χ2v) is 11.4. The monoisotopic (exact) mass is 575 g/mol. The van der Waals surface area contributed by atoms with Crippen molar-refractivity contribution in [1.29, 1.82) is 0 Å². The minimum absolute atomic E-state index is 0.159. The van der Waals surface area contributed by atoms with E-state index in [2.05, 4.69) is 10.3 Å². The highest BCUT2D eigenvalue weighted by molar-refractivity contribution is 7.86. The fourth-order valence-electron chi connectivity index (χ4n) is 5.56. The summed E-state index contributed by atoms with van der Waals surface area (Å²) < 4.78 is 42.2. The van der Waals surface area contributed by atoms with Crippen LogP contribution in [0.3, 0.4) is 0 Å². The molecule has 0 saturated carbocycles. The highest BCUT2D eigenvalue weighted by atomic mass is 32.2. The molecule has 7 heteroatoms.